The lowest BCUT2D eigenvalue weighted by Crippen LogP contribution is -2.43. The summed E-state index contributed by atoms with van der Waals surface area (Å²) in [7, 11) is 0. The van der Waals surface area contributed by atoms with Crippen molar-refractivity contribution in [2.75, 3.05) is 26.2 Å². The van der Waals surface area contributed by atoms with Gasteiger partial charge in [0.15, 0.2) is 5.82 Å². The van der Waals surface area contributed by atoms with Gasteiger partial charge in [-0.25, -0.2) is 0 Å². The average Bonchev–Trinajstić information content (AvgIpc) is 3.43. The van der Waals surface area contributed by atoms with Gasteiger partial charge in [-0.05, 0) is 73.7 Å². The van der Waals surface area contributed by atoms with Gasteiger partial charge in [0.05, 0.1) is 11.6 Å². The van der Waals surface area contributed by atoms with Crippen molar-refractivity contribution < 1.29 is 4.79 Å². The summed E-state index contributed by atoms with van der Waals surface area (Å²) in [5.41, 5.74) is 0.989. The number of benzene rings is 1. The number of likely N-dealkylation sites (tertiary alicyclic amines) is 1. The van der Waals surface area contributed by atoms with Crippen LogP contribution in [0.15, 0.2) is 30.3 Å². The Morgan fingerprint density at radius 2 is 2.04 bits per heavy atom. The van der Waals surface area contributed by atoms with Gasteiger partial charge < -0.3 is 10.2 Å². The molecule has 1 atom stereocenters. The quantitative estimate of drug-likeness (QED) is 0.769. The van der Waals surface area contributed by atoms with Gasteiger partial charge in [-0.3, -0.25) is 4.79 Å². The molecular formula is C20H28N6O. The van der Waals surface area contributed by atoms with Crippen LogP contribution in [0, 0.1) is 11.8 Å². The van der Waals surface area contributed by atoms with Crippen molar-refractivity contribution in [3.05, 3.63) is 36.2 Å². The van der Waals surface area contributed by atoms with Crippen LogP contribution >= 0.6 is 0 Å². The number of nitrogens with zero attached hydrogens (tertiary/aromatic N) is 5. The van der Waals surface area contributed by atoms with E-state index in [4.69, 9.17) is 0 Å². The Kier molecular flexibility index (Phi) is 5.77. The number of carbonyl (C=O) groups excluding carboxylic acids is 1. The molecule has 1 saturated carbocycles. The van der Waals surface area contributed by atoms with Crippen LogP contribution in [0.25, 0.3) is 5.69 Å². The number of amides is 1. The standard InChI is InChI=1S/C20H28N6O/c27-20(21-14-16-10-11-16)17-6-4-12-25(15-17)13-5-9-19-22-23-24-26(19)18-7-2-1-3-8-18/h1-3,7-8,16-17H,4-6,9-15H2,(H,21,27)/t17-/m1/s1. The molecule has 2 aliphatic rings. The largest absolute Gasteiger partial charge is 0.356 e. The maximum absolute atomic E-state index is 12.4. The van der Waals surface area contributed by atoms with Gasteiger partial charge in [-0.1, -0.05) is 18.2 Å². The number of nitrogens with one attached hydrogen (secondary N) is 1. The molecule has 1 saturated heterocycles. The lowest BCUT2D eigenvalue weighted by Gasteiger charge is -2.32. The number of hydrogen-bond acceptors (Lipinski definition) is 5. The zero-order chi connectivity index (χ0) is 18.5. The zero-order valence-electron chi connectivity index (χ0n) is 15.8. The van der Waals surface area contributed by atoms with Crippen LogP contribution in [0.3, 0.4) is 0 Å². The van der Waals surface area contributed by atoms with Crippen molar-refractivity contribution in [1.29, 1.82) is 0 Å². The highest BCUT2D eigenvalue weighted by atomic mass is 16.1. The van der Waals surface area contributed by atoms with Gasteiger partial charge in [0.2, 0.25) is 5.91 Å². The third-order valence-electron chi connectivity index (χ3n) is 5.55. The van der Waals surface area contributed by atoms with Crippen molar-refractivity contribution in [2.45, 2.75) is 38.5 Å². The Balaban J connectivity index is 1.24. The molecule has 0 spiro atoms. The molecule has 2 heterocycles. The van der Waals surface area contributed by atoms with E-state index < -0.39 is 0 Å². The number of rotatable bonds is 8. The van der Waals surface area contributed by atoms with E-state index >= 15 is 0 Å². The fourth-order valence-electron chi connectivity index (χ4n) is 3.78. The van der Waals surface area contributed by atoms with Gasteiger partial charge in [-0.2, -0.15) is 4.68 Å². The Bertz CT molecular complexity index is 742. The van der Waals surface area contributed by atoms with Gasteiger partial charge in [0, 0.05) is 19.5 Å². The van der Waals surface area contributed by atoms with E-state index in [-0.39, 0.29) is 11.8 Å². The molecule has 7 heteroatoms. The summed E-state index contributed by atoms with van der Waals surface area (Å²) in [5, 5.41) is 15.3. The molecule has 1 aliphatic carbocycles. The van der Waals surface area contributed by atoms with E-state index in [0.717, 1.165) is 69.3 Å². The Hall–Kier alpha value is -2.28. The molecule has 27 heavy (non-hydrogen) atoms. The number of carbonyl (C=O) groups is 1. The van der Waals surface area contributed by atoms with Crippen LogP contribution in [0.1, 0.15) is 37.9 Å². The van der Waals surface area contributed by atoms with Crippen LogP contribution < -0.4 is 5.32 Å². The number of aromatic nitrogens is 4. The first-order chi connectivity index (χ1) is 13.3. The van der Waals surface area contributed by atoms with E-state index in [0.29, 0.717) is 0 Å². The predicted octanol–water partition coefficient (Wildman–Crippen LogP) is 1.83. The maximum atomic E-state index is 12.4. The summed E-state index contributed by atoms with van der Waals surface area (Å²) in [4.78, 5) is 14.8. The Morgan fingerprint density at radius 1 is 1.19 bits per heavy atom. The number of para-hydroxylation sites is 1. The summed E-state index contributed by atoms with van der Waals surface area (Å²) in [6.07, 6.45) is 6.49. The van der Waals surface area contributed by atoms with Gasteiger partial charge in [-0.15, -0.1) is 5.10 Å². The maximum Gasteiger partial charge on any atom is 0.224 e. The molecule has 144 valence electrons. The number of hydrogen-bond donors (Lipinski definition) is 1. The monoisotopic (exact) mass is 368 g/mol. The third kappa shape index (κ3) is 4.91. The van der Waals surface area contributed by atoms with Crippen LogP contribution in [-0.2, 0) is 11.2 Å². The van der Waals surface area contributed by atoms with Crippen LogP contribution in [0.5, 0.6) is 0 Å². The van der Waals surface area contributed by atoms with Crippen LogP contribution in [-0.4, -0.2) is 57.2 Å². The van der Waals surface area contributed by atoms with E-state index in [1.807, 2.05) is 35.0 Å². The molecule has 2 aromatic rings. The Morgan fingerprint density at radius 3 is 2.85 bits per heavy atom. The van der Waals surface area contributed by atoms with E-state index in [1.165, 1.54) is 12.8 Å². The predicted molar refractivity (Wildman–Crippen MR) is 102 cm³/mol. The van der Waals surface area contributed by atoms with Crippen LogP contribution in [0.4, 0.5) is 0 Å². The van der Waals surface area contributed by atoms with Crippen molar-refractivity contribution in [3.8, 4) is 5.69 Å². The number of piperidine rings is 1. The highest BCUT2D eigenvalue weighted by Gasteiger charge is 2.27. The van der Waals surface area contributed by atoms with E-state index in [9.17, 15) is 4.79 Å². The lowest BCUT2D eigenvalue weighted by molar-refractivity contribution is -0.126. The Labute approximate surface area is 160 Å². The zero-order valence-corrected chi connectivity index (χ0v) is 15.8. The van der Waals surface area contributed by atoms with Gasteiger partial charge >= 0.3 is 0 Å². The highest BCUT2D eigenvalue weighted by Crippen LogP contribution is 2.28. The minimum Gasteiger partial charge on any atom is -0.356 e. The molecule has 7 nitrogen and oxygen atoms in total. The van der Waals surface area contributed by atoms with E-state index in [2.05, 4.69) is 25.7 Å². The summed E-state index contributed by atoms with van der Waals surface area (Å²) in [5.74, 6) is 2.02. The van der Waals surface area contributed by atoms with Crippen molar-refractivity contribution >= 4 is 5.91 Å². The summed E-state index contributed by atoms with van der Waals surface area (Å²) >= 11 is 0. The van der Waals surface area contributed by atoms with Crippen molar-refractivity contribution in [1.82, 2.24) is 30.4 Å². The van der Waals surface area contributed by atoms with Gasteiger partial charge in [0.25, 0.3) is 0 Å². The second-order valence-electron chi connectivity index (χ2n) is 7.77. The number of tetrazole rings is 1. The topological polar surface area (TPSA) is 75.9 Å². The third-order valence-corrected chi connectivity index (χ3v) is 5.55. The molecule has 1 amide bonds. The molecule has 1 aromatic carbocycles. The van der Waals surface area contributed by atoms with Crippen LogP contribution in [0.2, 0.25) is 0 Å². The summed E-state index contributed by atoms with van der Waals surface area (Å²) in [6, 6.07) is 9.98. The lowest BCUT2D eigenvalue weighted by atomic mass is 9.97. The smallest absolute Gasteiger partial charge is 0.224 e. The van der Waals surface area contributed by atoms with Crippen molar-refractivity contribution in [2.24, 2.45) is 11.8 Å². The number of aryl methyl sites for hydroxylation is 1. The second-order valence-corrected chi connectivity index (χ2v) is 7.77. The first kappa shape index (κ1) is 18.1. The summed E-state index contributed by atoms with van der Waals surface area (Å²) in [6.45, 7) is 3.81. The first-order valence-corrected chi connectivity index (χ1v) is 10.1. The van der Waals surface area contributed by atoms with E-state index in [1.54, 1.807) is 0 Å². The molecule has 0 unspecified atom stereocenters. The first-order valence-electron chi connectivity index (χ1n) is 10.1. The minimum atomic E-state index is 0.145. The average molecular weight is 368 g/mol. The molecule has 2 fully saturated rings. The summed E-state index contributed by atoms with van der Waals surface area (Å²) < 4.78 is 1.81. The fourth-order valence-corrected chi connectivity index (χ4v) is 3.78. The second kappa shape index (κ2) is 8.61. The fraction of sp³-hybridized carbons (Fsp3) is 0.600. The molecule has 0 bridgehead atoms. The molecule has 1 N–H and O–H groups in total. The normalized spacial score (nSPS) is 20.5. The SMILES string of the molecule is O=C(NCC1CC1)[C@@H]1CCCN(CCCc2nnnn2-c2ccccc2)C1. The molecule has 1 aromatic heterocycles. The van der Waals surface area contributed by atoms with Gasteiger partial charge in [0.1, 0.15) is 0 Å². The highest BCUT2D eigenvalue weighted by molar-refractivity contribution is 5.79. The molecule has 1 aliphatic heterocycles. The van der Waals surface area contributed by atoms with Crippen molar-refractivity contribution in [3.63, 3.8) is 0 Å². The molecular weight excluding hydrogens is 340 g/mol. The minimum absolute atomic E-state index is 0.145. The molecule has 0 radical (unpaired) electrons. The molecule has 4 rings (SSSR count).